The van der Waals surface area contributed by atoms with Crippen LogP contribution in [0.15, 0.2) is 42.6 Å². The van der Waals surface area contributed by atoms with Crippen LogP contribution in [-0.2, 0) is 0 Å². The number of aromatic nitrogens is 3. The van der Waals surface area contributed by atoms with E-state index >= 15 is 0 Å². The molecule has 2 aromatic heterocycles. The lowest BCUT2D eigenvalue weighted by atomic mass is 10.1. The molecule has 21 heavy (non-hydrogen) atoms. The topological polar surface area (TPSA) is 30.7 Å². The summed E-state index contributed by atoms with van der Waals surface area (Å²) in [5, 5.41) is -0.150. The van der Waals surface area contributed by atoms with Gasteiger partial charge in [0.25, 0.3) is 0 Å². The number of hydrogen-bond acceptors (Lipinski definition) is 2. The van der Waals surface area contributed by atoms with Crippen molar-refractivity contribution in [1.82, 2.24) is 14.5 Å². The number of benzene rings is 1. The van der Waals surface area contributed by atoms with Gasteiger partial charge in [-0.2, -0.15) is 0 Å². The fraction of sp³-hybridized carbons (Fsp3) is 0.294. The maximum absolute atomic E-state index is 6.36. The Balaban J connectivity index is 2.25. The van der Waals surface area contributed by atoms with Crippen LogP contribution in [-0.4, -0.2) is 14.5 Å². The largest absolute Gasteiger partial charge is 0.318 e. The van der Waals surface area contributed by atoms with E-state index in [1.807, 2.05) is 31.3 Å². The summed E-state index contributed by atoms with van der Waals surface area (Å²) in [5.74, 6) is 0.888. The average Bonchev–Trinajstić information content (AvgIpc) is 2.88. The molecule has 1 aromatic carbocycles. The van der Waals surface area contributed by atoms with Gasteiger partial charge in [-0.15, -0.1) is 11.6 Å². The maximum atomic E-state index is 6.36. The van der Waals surface area contributed by atoms with Gasteiger partial charge in [0.2, 0.25) is 0 Å². The number of hydrogen-bond donors (Lipinski definition) is 0. The lowest BCUT2D eigenvalue weighted by Gasteiger charge is -2.18. The number of para-hydroxylation sites is 1. The highest BCUT2D eigenvalue weighted by Gasteiger charge is 2.21. The number of halogens is 1. The third-order valence-electron chi connectivity index (χ3n) is 3.81. The monoisotopic (exact) mass is 299 g/mol. The zero-order valence-corrected chi connectivity index (χ0v) is 13.2. The molecule has 0 aliphatic rings. The lowest BCUT2D eigenvalue weighted by Crippen LogP contribution is -2.12. The quantitative estimate of drug-likeness (QED) is 0.659. The van der Waals surface area contributed by atoms with E-state index in [9.17, 15) is 0 Å². The molecule has 3 nitrogen and oxygen atoms in total. The van der Waals surface area contributed by atoms with Crippen molar-refractivity contribution in [2.75, 3.05) is 0 Å². The van der Waals surface area contributed by atoms with Crippen molar-refractivity contribution in [2.45, 2.75) is 32.2 Å². The molecule has 0 aliphatic carbocycles. The van der Waals surface area contributed by atoms with E-state index in [-0.39, 0.29) is 11.4 Å². The molecule has 108 valence electrons. The minimum Gasteiger partial charge on any atom is -0.318 e. The first kappa shape index (κ1) is 14.1. The fourth-order valence-electron chi connectivity index (χ4n) is 2.72. The minimum atomic E-state index is -0.150. The molecule has 0 spiro atoms. The molecule has 0 N–H and O–H groups in total. The molecular formula is C17H18ClN3. The van der Waals surface area contributed by atoms with Crippen molar-refractivity contribution in [3.05, 3.63) is 59.7 Å². The Hall–Kier alpha value is -1.87. The van der Waals surface area contributed by atoms with Gasteiger partial charge >= 0.3 is 0 Å². The van der Waals surface area contributed by atoms with Gasteiger partial charge in [0, 0.05) is 6.20 Å². The highest BCUT2D eigenvalue weighted by atomic mass is 35.5. The highest BCUT2D eigenvalue weighted by molar-refractivity contribution is 6.20. The van der Waals surface area contributed by atoms with E-state index in [1.165, 1.54) is 0 Å². The van der Waals surface area contributed by atoms with Crippen LogP contribution in [0, 0.1) is 6.92 Å². The summed E-state index contributed by atoms with van der Waals surface area (Å²) in [4.78, 5) is 9.23. The second-order valence-electron chi connectivity index (χ2n) is 5.33. The SMILES string of the molecule is Cc1cccc2c1nc(C(C)Cl)n2C(C)c1ccccn1. The van der Waals surface area contributed by atoms with E-state index in [0.29, 0.717) is 0 Å². The van der Waals surface area contributed by atoms with E-state index < -0.39 is 0 Å². The molecule has 2 unspecified atom stereocenters. The van der Waals surface area contributed by atoms with Crippen molar-refractivity contribution >= 4 is 22.6 Å². The summed E-state index contributed by atoms with van der Waals surface area (Å²) in [6.07, 6.45) is 1.82. The third-order valence-corrected chi connectivity index (χ3v) is 4.00. The standard InChI is InChI=1S/C17H18ClN3/c1-11-7-6-9-15-16(11)20-17(12(2)18)21(15)13(3)14-8-4-5-10-19-14/h4-10,12-13H,1-3H3. The van der Waals surface area contributed by atoms with Crippen molar-refractivity contribution in [3.8, 4) is 0 Å². The van der Waals surface area contributed by atoms with Gasteiger partial charge < -0.3 is 4.57 Å². The lowest BCUT2D eigenvalue weighted by molar-refractivity contribution is 0.603. The summed E-state index contributed by atoms with van der Waals surface area (Å²) in [6.45, 7) is 6.17. The van der Waals surface area contributed by atoms with Gasteiger partial charge in [0.1, 0.15) is 5.82 Å². The Morgan fingerprint density at radius 3 is 2.57 bits per heavy atom. The van der Waals surface area contributed by atoms with Gasteiger partial charge in [-0.05, 0) is 44.5 Å². The second kappa shape index (κ2) is 5.49. The molecular weight excluding hydrogens is 282 g/mol. The van der Waals surface area contributed by atoms with Crippen molar-refractivity contribution in [1.29, 1.82) is 0 Å². The molecule has 0 amide bonds. The number of fused-ring (bicyclic) bond motifs is 1. The van der Waals surface area contributed by atoms with Crippen LogP contribution in [0.5, 0.6) is 0 Å². The van der Waals surface area contributed by atoms with Crippen LogP contribution in [0.1, 0.15) is 42.3 Å². The van der Waals surface area contributed by atoms with Crippen LogP contribution < -0.4 is 0 Å². The third kappa shape index (κ3) is 2.42. The smallest absolute Gasteiger partial charge is 0.128 e. The number of aryl methyl sites for hydroxylation is 1. The zero-order valence-electron chi connectivity index (χ0n) is 12.4. The van der Waals surface area contributed by atoms with Gasteiger partial charge in [0.05, 0.1) is 28.1 Å². The molecule has 2 heterocycles. The average molecular weight is 300 g/mol. The van der Waals surface area contributed by atoms with Crippen molar-refractivity contribution < 1.29 is 0 Å². The predicted molar refractivity (Wildman–Crippen MR) is 86.8 cm³/mol. The summed E-state index contributed by atoms with van der Waals surface area (Å²) in [7, 11) is 0. The predicted octanol–water partition coefficient (Wildman–Crippen LogP) is 4.65. The Bertz CT molecular complexity index is 762. The van der Waals surface area contributed by atoms with E-state index in [2.05, 4.69) is 41.6 Å². The van der Waals surface area contributed by atoms with Crippen molar-refractivity contribution in [3.63, 3.8) is 0 Å². The Kier molecular flexibility index (Phi) is 3.68. The van der Waals surface area contributed by atoms with Gasteiger partial charge in [-0.3, -0.25) is 4.98 Å². The molecule has 4 heteroatoms. The molecule has 2 atom stereocenters. The van der Waals surface area contributed by atoms with Gasteiger partial charge in [-0.25, -0.2) is 4.98 Å². The second-order valence-corrected chi connectivity index (χ2v) is 5.98. The fourth-order valence-corrected chi connectivity index (χ4v) is 2.87. The van der Waals surface area contributed by atoms with Crippen LogP contribution in [0.4, 0.5) is 0 Å². The maximum Gasteiger partial charge on any atom is 0.128 e. The first-order chi connectivity index (χ1) is 10.1. The molecule has 3 rings (SSSR count). The molecule has 0 aliphatic heterocycles. The van der Waals surface area contributed by atoms with E-state index in [4.69, 9.17) is 16.6 Å². The number of imidazole rings is 1. The summed E-state index contributed by atoms with van der Waals surface area (Å²) in [6, 6.07) is 12.3. The Morgan fingerprint density at radius 2 is 1.90 bits per heavy atom. The highest BCUT2D eigenvalue weighted by Crippen LogP contribution is 2.31. The van der Waals surface area contributed by atoms with Crippen LogP contribution in [0.2, 0.25) is 0 Å². The van der Waals surface area contributed by atoms with Crippen molar-refractivity contribution in [2.24, 2.45) is 0 Å². The van der Waals surface area contributed by atoms with Gasteiger partial charge in [0.15, 0.2) is 0 Å². The van der Waals surface area contributed by atoms with E-state index in [1.54, 1.807) is 0 Å². The molecule has 0 saturated heterocycles. The number of pyridine rings is 1. The molecule has 0 bridgehead atoms. The first-order valence-corrected chi connectivity index (χ1v) is 7.55. The number of nitrogens with zero attached hydrogens (tertiary/aromatic N) is 3. The number of alkyl halides is 1. The van der Waals surface area contributed by atoms with Gasteiger partial charge in [-0.1, -0.05) is 18.2 Å². The molecule has 3 aromatic rings. The summed E-state index contributed by atoms with van der Waals surface area (Å²) >= 11 is 6.36. The molecule has 0 radical (unpaired) electrons. The summed E-state index contributed by atoms with van der Waals surface area (Å²) in [5.41, 5.74) is 4.30. The Labute approximate surface area is 129 Å². The first-order valence-electron chi connectivity index (χ1n) is 7.12. The number of rotatable bonds is 3. The normalized spacial score (nSPS) is 14.3. The minimum absolute atomic E-state index is 0.0919. The van der Waals surface area contributed by atoms with Crippen LogP contribution >= 0.6 is 11.6 Å². The van der Waals surface area contributed by atoms with Crippen LogP contribution in [0.3, 0.4) is 0 Å². The zero-order chi connectivity index (χ0) is 15.0. The Morgan fingerprint density at radius 1 is 1.10 bits per heavy atom. The van der Waals surface area contributed by atoms with E-state index in [0.717, 1.165) is 28.1 Å². The van der Waals surface area contributed by atoms with Crippen LogP contribution in [0.25, 0.3) is 11.0 Å². The molecule has 0 fully saturated rings. The summed E-state index contributed by atoms with van der Waals surface area (Å²) < 4.78 is 2.20. The molecule has 0 saturated carbocycles.